The van der Waals surface area contributed by atoms with Gasteiger partial charge in [-0.15, -0.1) is 0 Å². The van der Waals surface area contributed by atoms with Gasteiger partial charge in [0.1, 0.15) is 0 Å². The van der Waals surface area contributed by atoms with Crippen LogP contribution in [0.2, 0.25) is 0 Å². The van der Waals surface area contributed by atoms with Crippen molar-refractivity contribution in [2.75, 3.05) is 26.2 Å². The first-order valence-corrected chi connectivity index (χ1v) is 21.1. The van der Waals surface area contributed by atoms with E-state index in [0.717, 1.165) is 140 Å². The second-order valence-electron chi connectivity index (χ2n) is 14.7. The number of aryl methyl sites for hydroxylation is 3. The molecule has 6 nitrogen and oxygen atoms in total. The van der Waals surface area contributed by atoms with Gasteiger partial charge in [0.15, 0.2) is 0 Å². The number of nitrogens with zero attached hydrogens (tertiary/aromatic N) is 2. The lowest BCUT2D eigenvalue weighted by atomic mass is 9.92. The van der Waals surface area contributed by atoms with E-state index >= 15 is 0 Å². The van der Waals surface area contributed by atoms with Crippen molar-refractivity contribution in [3.05, 3.63) is 159 Å². The van der Waals surface area contributed by atoms with Crippen molar-refractivity contribution in [2.24, 2.45) is 0 Å². The molecule has 0 unspecified atom stereocenters. The van der Waals surface area contributed by atoms with E-state index in [2.05, 4.69) is 24.3 Å². The summed E-state index contributed by atoms with van der Waals surface area (Å²) in [5.74, 6) is -0.723. The number of likely N-dealkylation sites (tertiary alicyclic amines) is 2. The van der Waals surface area contributed by atoms with E-state index in [0.29, 0.717) is 5.03 Å². The third-order valence-electron chi connectivity index (χ3n) is 11.0. The van der Waals surface area contributed by atoms with Crippen LogP contribution in [-0.4, -0.2) is 58.9 Å². The summed E-state index contributed by atoms with van der Waals surface area (Å²) in [4.78, 5) is 38.5. The first-order chi connectivity index (χ1) is 27.7. The molecule has 0 atom stereocenters. The van der Waals surface area contributed by atoms with Gasteiger partial charge in [-0.05, 0) is 121 Å². The second kappa shape index (κ2) is 20.7. The van der Waals surface area contributed by atoms with E-state index in [1.165, 1.54) is 23.1 Å². The van der Waals surface area contributed by atoms with Crippen LogP contribution in [0.25, 0.3) is 15.1 Å². The highest BCUT2D eigenvalue weighted by atomic mass is 35.5. The van der Waals surface area contributed by atoms with E-state index in [4.69, 9.17) is 39.9 Å². The Morgan fingerprint density at radius 3 is 1.12 bits per heavy atom. The lowest BCUT2D eigenvalue weighted by Crippen LogP contribution is -2.34. The summed E-state index contributed by atoms with van der Waals surface area (Å²) in [5, 5.41) is 10.8. The number of halogens is 3. The number of carbonyl (C=O) groups excluding carboxylic acids is 2. The minimum absolute atomic E-state index is 0.110. The molecule has 2 heterocycles. The fourth-order valence-corrected chi connectivity index (χ4v) is 8.79. The number of carboxylic acid groups (broad SMARTS) is 1. The van der Waals surface area contributed by atoms with Crippen molar-refractivity contribution in [3.63, 3.8) is 0 Å². The van der Waals surface area contributed by atoms with E-state index in [-0.39, 0.29) is 11.8 Å². The molecular weight excluding hydrogens is 775 g/mol. The average molecular weight is 824 g/mol. The van der Waals surface area contributed by atoms with E-state index < -0.39 is 5.97 Å². The molecular formula is C48H49Cl3N2O4. The van der Waals surface area contributed by atoms with Crippen LogP contribution in [0.3, 0.4) is 0 Å². The Bertz CT molecular complexity index is 2150. The molecule has 3 aromatic rings. The number of allylic oxidation sites excluding steroid dienone is 6. The molecule has 0 bridgehead atoms. The molecule has 8 rings (SSSR count). The topological polar surface area (TPSA) is 77.9 Å². The molecule has 2 fully saturated rings. The number of hydrogen-bond acceptors (Lipinski definition) is 3. The Hall–Kier alpha value is -4.62. The molecule has 3 aliphatic carbocycles. The van der Waals surface area contributed by atoms with Crippen molar-refractivity contribution in [1.29, 1.82) is 0 Å². The van der Waals surface area contributed by atoms with Crippen LogP contribution < -0.4 is 0 Å². The maximum Gasteiger partial charge on any atom is 0.328 e. The van der Waals surface area contributed by atoms with Gasteiger partial charge >= 0.3 is 5.97 Å². The van der Waals surface area contributed by atoms with Crippen LogP contribution in [0.4, 0.5) is 0 Å². The van der Waals surface area contributed by atoms with Crippen LogP contribution in [-0.2, 0) is 33.6 Å². The van der Waals surface area contributed by atoms with Crippen molar-refractivity contribution < 1.29 is 19.5 Å². The molecule has 0 saturated carbocycles. The number of aliphatic carboxylic acids is 1. The second-order valence-corrected chi connectivity index (χ2v) is 15.9. The number of hydrogen-bond donors (Lipinski definition) is 1. The number of piperidine rings is 1. The zero-order chi connectivity index (χ0) is 40.1. The van der Waals surface area contributed by atoms with Crippen molar-refractivity contribution in [2.45, 2.75) is 70.6 Å². The minimum atomic E-state index is -0.948. The highest BCUT2D eigenvalue weighted by molar-refractivity contribution is 6.50. The lowest BCUT2D eigenvalue weighted by molar-refractivity contribution is -0.131. The molecule has 296 valence electrons. The smallest absolute Gasteiger partial charge is 0.328 e. The fraction of sp³-hybridized carbons (Fsp3) is 0.312. The normalized spacial score (nSPS) is 17.9. The minimum Gasteiger partial charge on any atom is -0.478 e. The third kappa shape index (κ3) is 11.3. The molecule has 5 aliphatic rings. The third-order valence-corrected chi connectivity index (χ3v) is 12.3. The summed E-state index contributed by atoms with van der Waals surface area (Å²) in [5.41, 5.74) is 10.1. The quantitative estimate of drug-likeness (QED) is 0.251. The van der Waals surface area contributed by atoms with E-state index in [9.17, 15) is 14.4 Å². The average Bonchev–Trinajstić information content (AvgIpc) is 3.80. The summed E-state index contributed by atoms with van der Waals surface area (Å²) in [7, 11) is 0. The van der Waals surface area contributed by atoms with Crippen LogP contribution in [0.15, 0.2) is 126 Å². The summed E-state index contributed by atoms with van der Waals surface area (Å²) in [6, 6.07) is 24.4. The van der Waals surface area contributed by atoms with Crippen LogP contribution in [0, 0.1) is 0 Å². The lowest BCUT2D eigenvalue weighted by Gasteiger charge is -2.25. The summed E-state index contributed by atoms with van der Waals surface area (Å²) in [6.07, 6.45) is 21.1. The Balaban J connectivity index is 0.000000146. The van der Waals surface area contributed by atoms with Gasteiger partial charge in [0.2, 0.25) is 11.8 Å². The van der Waals surface area contributed by atoms with Gasteiger partial charge in [0, 0.05) is 44.4 Å². The zero-order valence-corrected chi connectivity index (χ0v) is 34.5. The molecule has 1 N–H and O–H groups in total. The van der Waals surface area contributed by atoms with Gasteiger partial charge < -0.3 is 14.9 Å². The predicted molar refractivity (Wildman–Crippen MR) is 234 cm³/mol. The number of fused-ring (bicyclic) bond motifs is 3. The summed E-state index contributed by atoms with van der Waals surface area (Å²) >= 11 is 19.2. The van der Waals surface area contributed by atoms with E-state index in [1.54, 1.807) is 18.2 Å². The number of benzene rings is 3. The zero-order valence-electron chi connectivity index (χ0n) is 32.2. The summed E-state index contributed by atoms with van der Waals surface area (Å²) < 4.78 is 0. The molecule has 9 heteroatoms. The maximum atomic E-state index is 12.2. The standard InChI is InChI=1S/C18H20ClNO.C17H18ClNO.C13H11ClO2/c19-18-15(9-8-14-6-2-3-7-16(14)18)10-11-17(21)20-12-4-1-5-13-20;18-17-14(8-7-13-5-1-2-6-15(13)17)9-10-16(20)19-11-3-4-12-19;14-13-10(7-8-12(15)16)6-5-9-3-1-2-4-11(9)13/h2-3,6-7,10-11H,1,4-5,8-9,12-13H2;1-2,5-6,9-10H,3-4,7-8,11-12H2;1-4,7-8H,5-6H2,(H,15,16). The number of amides is 2. The fourth-order valence-electron chi connectivity index (χ4n) is 7.76. The molecule has 0 spiro atoms. The van der Waals surface area contributed by atoms with Crippen molar-refractivity contribution in [1.82, 2.24) is 9.80 Å². The van der Waals surface area contributed by atoms with Crippen molar-refractivity contribution in [3.8, 4) is 0 Å². The number of rotatable bonds is 6. The summed E-state index contributed by atoms with van der Waals surface area (Å²) in [6.45, 7) is 3.55. The number of carboxylic acids is 1. The molecule has 2 aliphatic heterocycles. The van der Waals surface area contributed by atoms with Gasteiger partial charge in [-0.2, -0.15) is 0 Å². The predicted octanol–water partition coefficient (Wildman–Crippen LogP) is 11.1. The largest absolute Gasteiger partial charge is 0.478 e. The first kappa shape index (κ1) is 42.0. The molecule has 3 aromatic carbocycles. The molecule has 0 radical (unpaired) electrons. The van der Waals surface area contributed by atoms with Gasteiger partial charge in [0.05, 0.1) is 15.1 Å². The highest BCUT2D eigenvalue weighted by Gasteiger charge is 2.20. The first-order valence-electron chi connectivity index (χ1n) is 20.0. The molecule has 57 heavy (non-hydrogen) atoms. The highest BCUT2D eigenvalue weighted by Crippen LogP contribution is 2.36. The SMILES string of the molecule is O=C(C=CC1=C(Cl)c2ccccc2CC1)N1CCCC1.O=C(C=CC1=C(Cl)c2ccccc2CC1)N1CCCCC1.O=C(O)C=CC1=C(Cl)c2ccccc2CC1. The number of carbonyl (C=O) groups is 3. The Kier molecular flexibility index (Phi) is 15.2. The van der Waals surface area contributed by atoms with Gasteiger partial charge in [0.25, 0.3) is 0 Å². The van der Waals surface area contributed by atoms with Crippen LogP contribution in [0.1, 0.15) is 84.7 Å². The van der Waals surface area contributed by atoms with Gasteiger partial charge in [-0.1, -0.05) is 126 Å². The maximum absolute atomic E-state index is 12.2. The Morgan fingerprint density at radius 2 is 0.772 bits per heavy atom. The van der Waals surface area contributed by atoms with E-state index in [1.807, 2.05) is 70.5 Å². The Morgan fingerprint density at radius 1 is 0.456 bits per heavy atom. The molecule has 2 amide bonds. The molecule has 0 aromatic heterocycles. The van der Waals surface area contributed by atoms with Gasteiger partial charge in [-0.25, -0.2) is 4.79 Å². The monoisotopic (exact) mass is 822 g/mol. The Labute approximate surface area is 351 Å². The van der Waals surface area contributed by atoms with Crippen molar-refractivity contribution >= 4 is 67.7 Å². The van der Waals surface area contributed by atoms with Gasteiger partial charge in [-0.3, -0.25) is 9.59 Å². The van der Waals surface area contributed by atoms with Crippen LogP contribution in [0.5, 0.6) is 0 Å². The van der Waals surface area contributed by atoms with Crippen LogP contribution >= 0.6 is 34.8 Å². The molecule has 2 saturated heterocycles.